The van der Waals surface area contributed by atoms with Crippen LogP contribution in [0.1, 0.15) is 5.56 Å². The summed E-state index contributed by atoms with van der Waals surface area (Å²) in [5.74, 6) is 1.62. The molecule has 21 heavy (non-hydrogen) atoms. The van der Waals surface area contributed by atoms with E-state index in [2.05, 4.69) is 10.1 Å². The molecule has 0 atom stereocenters. The monoisotopic (exact) mass is 281 g/mol. The maximum atomic E-state index is 5.97. The van der Waals surface area contributed by atoms with Crippen molar-refractivity contribution >= 4 is 5.69 Å². The van der Waals surface area contributed by atoms with E-state index in [1.807, 2.05) is 31.2 Å². The molecule has 0 saturated carbocycles. The lowest BCUT2D eigenvalue weighted by molar-refractivity contribution is 0.413. The third-order valence-electron chi connectivity index (χ3n) is 3.30. The summed E-state index contributed by atoms with van der Waals surface area (Å²) in [6.07, 6.45) is 0. The second kappa shape index (κ2) is 5.28. The van der Waals surface area contributed by atoms with E-state index in [9.17, 15) is 0 Å². The Hall–Kier alpha value is -2.82. The predicted octanol–water partition coefficient (Wildman–Crippen LogP) is 3.30. The van der Waals surface area contributed by atoms with Gasteiger partial charge >= 0.3 is 0 Å². The molecule has 0 radical (unpaired) electrons. The number of rotatable bonds is 3. The van der Waals surface area contributed by atoms with Gasteiger partial charge in [-0.1, -0.05) is 29.4 Å². The van der Waals surface area contributed by atoms with Gasteiger partial charge in [-0.2, -0.15) is 4.98 Å². The van der Waals surface area contributed by atoms with Crippen LogP contribution in [0.2, 0.25) is 0 Å². The molecule has 0 bridgehead atoms. The van der Waals surface area contributed by atoms with Crippen LogP contribution in [0.5, 0.6) is 5.75 Å². The molecule has 0 spiro atoms. The zero-order chi connectivity index (χ0) is 14.8. The summed E-state index contributed by atoms with van der Waals surface area (Å²) in [7, 11) is 1.60. The Kier molecular flexibility index (Phi) is 3.31. The maximum Gasteiger partial charge on any atom is 0.260 e. The molecular weight excluding hydrogens is 266 g/mol. The van der Waals surface area contributed by atoms with Crippen molar-refractivity contribution < 1.29 is 9.26 Å². The number of benzene rings is 2. The fourth-order valence-corrected chi connectivity index (χ4v) is 2.11. The first-order valence-corrected chi connectivity index (χ1v) is 6.52. The Labute approximate surface area is 122 Å². The molecule has 3 rings (SSSR count). The van der Waals surface area contributed by atoms with E-state index in [0.717, 1.165) is 11.1 Å². The summed E-state index contributed by atoms with van der Waals surface area (Å²) < 4.78 is 10.5. The summed E-state index contributed by atoms with van der Waals surface area (Å²) in [6.45, 7) is 2.01. The molecule has 1 heterocycles. The van der Waals surface area contributed by atoms with Crippen LogP contribution in [-0.4, -0.2) is 17.3 Å². The highest BCUT2D eigenvalue weighted by atomic mass is 16.5. The van der Waals surface area contributed by atoms with Crippen LogP contribution in [0, 0.1) is 6.92 Å². The molecule has 106 valence electrons. The highest BCUT2D eigenvalue weighted by Crippen LogP contribution is 2.30. The van der Waals surface area contributed by atoms with Crippen molar-refractivity contribution in [1.29, 1.82) is 0 Å². The second-order valence-electron chi connectivity index (χ2n) is 4.69. The Bertz CT molecular complexity index is 781. The molecular formula is C16H15N3O2. The van der Waals surface area contributed by atoms with Crippen molar-refractivity contribution in [3.8, 4) is 28.6 Å². The van der Waals surface area contributed by atoms with E-state index in [0.29, 0.717) is 28.7 Å². The number of methoxy groups -OCH3 is 1. The minimum Gasteiger partial charge on any atom is -0.497 e. The van der Waals surface area contributed by atoms with Gasteiger partial charge in [-0.15, -0.1) is 0 Å². The van der Waals surface area contributed by atoms with Crippen molar-refractivity contribution in [3.63, 3.8) is 0 Å². The molecule has 0 saturated heterocycles. The number of nitrogens with two attached hydrogens (primary N) is 1. The normalized spacial score (nSPS) is 10.6. The van der Waals surface area contributed by atoms with Gasteiger partial charge in [0.2, 0.25) is 5.82 Å². The molecule has 5 nitrogen and oxygen atoms in total. The second-order valence-corrected chi connectivity index (χ2v) is 4.69. The van der Waals surface area contributed by atoms with Crippen molar-refractivity contribution in [2.75, 3.05) is 12.8 Å². The van der Waals surface area contributed by atoms with E-state index in [1.54, 1.807) is 25.3 Å². The highest BCUT2D eigenvalue weighted by molar-refractivity contribution is 5.73. The van der Waals surface area contributed by atoms with Crippen LogP contribution in [0.3, 0.4) is 0 Å². The first-order chi connectivity index (χ1) is 10.2. The summed E-state index contributed by atoms with van der Waals surface area (Å²) in [5.41, 5.74) is 9.23. The standard InChI is InChI=1S/C16H15N3O2/c1-10-5-3-4-6-12(10)15-18-16(21-19-15)13-9-11(20-2)7-8-14(13)17/h3-9H,17H2,1-2H3. The topological polar surface area (TPSA) is 74.2 Å². The first-order valence-electron chi connectivity index (χ1n) is 6.52. The van der Waals surface area contributed by atoms with Crippen LogP contribution < -0.4 is 10.5 Å². The number of nitrogen functional groups attached to an aromatic ring is 1. The fourth-order valence-electron chi connectivity index (χ4n) is 2.11. The summed E-state index contributed by atoms with van der Waals surface area (Å²) in [4.78, 5) is 4.43. The van der Waals surface area contributed by atoms with Gasteiger partial charge in [0, 0.05) is 11.3 Å². The summed E-state index contributed by atoms with van der Waals surface area (Å²) >= 11 is 0. The minimum absolute atomic E-state index is 0.379. The van der Waals surface area contributed by atoms with E-state index >= 15 is 0 Å². The molecule has 1 aromatic heterocycles. The van der Waals surface area contributed by atoms with Gasteiger partial charge in [-0.25, -0.2) is 0 Å². The van der Waals surface area contributed by atoms with Crippen molar-refractivity contribution in [2.45, 2.75) is 6.92 Å². The molecule has 0 fully saturated rings. The van der Waals surface area contributed by atoms with E-state index in [4.69, 9.17) is 15.0 Å². The molecule has 0 amide bonds. The number of aromatic nitrogens is 2. The lowest BCUT2D eigenvalue weighted by Gasteiger charge is -2.04. The summed E-state index contributed by atoms with van der Waals surface area (Å²) in [5, 5.41) is 4.04. The molecule has 0 unspecified atom stereocenters. The number of hydrogen-bond donors (Lipinski definition) is 1. The van der Waals surface area contributed by atoms with Crippen molar-refractivity contribution in [3.05, 3.63) is 48.0 Å². The van der Waals surface area contributed by atoms with Crippen molar-refractivity contribution in [2.24, 2.45) is 0 Å². The molecule has 0 aliphatic carbocycles. The van der Waals surface area contributed by atoms with Gasteiger partial charge in [0.15, 0.2) is 0 Å². The maximum absolute atomic E-state index is 5.97. The van der Waals surface area contributed by atoms with Gasteiger partial charge in [-0.3, -0.25) is 0 Å². The quantitative estimate of drug-likeness (QED) is 0.745. The molecule has 0 aliphatic rings. The molecule has 5 heteroatoms. The van der Waals surface area contributed by atoms with Crippen LogP contribution in [-0.2, 0) is 0 Å². The van der Waals surface area contributed by atoms with Gasteiger partial charge in [0.1, 0.15) is 5.75 Å². The predicted molar refractivity (Wildman–Crippen MR) is 80.9 cm³/mol. The Morgan fingerprint density at radius 1 is 1.10 bits per heavy atom. The Balaban J connectivity index is 2.05. The highest BCUT2D eigenvalue weighted by Gasteiger charge is 2.14. The minimum atomic E-state index is 0.379. The number of hydrogen-bond acceptors (Lipinski definition) is 5. The zero-order valence-electron chi connectivity index (χ0n) is 11.8. The van der Waals surface area contributed by atoms with E-state index in [1.165, 1.54) is 0 Å². The summed E-state index contributed by atoms with van der Waals surface area (Å²) in [6, 6.07) is 13.2. The lowest BCUT2D eigenvalue weighted by atomic mass is 10.1. The SMILES string of the molecule is COc1ccc(N)c(-c2nc(-c3ccccc3C)no2)c1. The third-order valence-corrected chi connectivity index (χ3v) is 3.30. The largest absolute Gasteiger partial charge is 0.497 e. The Morgan fingerprint density at radius 2 is 1.90 bits per heavy atom. The van der Waals surface area contributed by atoms with Crippen LogP contribution in [0.4, 0.5) is 5.69 Å². The third kappa shape index (κ3) is 2.45. The van der Waals surface area contributed by atoms with Gasteiger partial charge < -0.3 is 15.0 Å². The molecule has 2 aromatic carbocycles. The lowest BCUT2D eigenvalue weighted by Crippen LogP contribution is -1.92. The molecule has 3 aromatic rings. The zero-order valence-corrected chi connectivity index (χ0v) is 11.8. The van der Waals surface area contributed by atoms with Gasteiger partial charge in [0.25, 0.3) is 5.89 Å². The Morgan fingerprint density at radius 3 is 2.67 bits per heavy atom. The van der Waals surface area contributed by atoms with Crippen LogP contribution in [0.25, 0.3) is 22.8 Å². The van der Waals surface area contributed by atoms with E-state index < -0.39 is 0 Å². The fraction of sp³-hybridized carbons (Fsp3) is 0.125. The number of anilines is 1. The number of ether oxygens (including phenoxy) is 1. The number of aryl methyl sites for hydroxylation is 1. The molecule has 0 aliphatic heterocycles. The van der Waals surface area contributed by atoms with Gasteiger partial charge in [0.05, 0.1) is 12.7 Å². The average Bonchev–Trinajstić information content (AvgIpc) is 2.97. The van der Waals surface area contributed by atoms with Gasteiger partial charge in [-0.05, 0) is 30.7 Å². The van der Waals surface area contributed by atoms with Crippen LogP contribution in [0.15, 0.2) is 47.0 Å². The van der Waals surface area contributed by atoms with Crippen molar-refractivity contribution in [1.82, 2.24) is 10.1 Å². The molecule has 2 N–H and O–H groups in total. The van der Waals surface area contributed by atoms with Crippen LogP contribution >= 0.6 is 0 Å². The van der Waals surface area contributed by atoms with E-state index in [-0.39, 0.29) is 0 Å². The first kappa shape index (κ1) is 13.2. The smallest absolute Gasteiger partial charge is 0.260 e. The average molecular weight is 281 g/mol. The number of nitrogens with zero attached hydrogens (tertiary/aromatic N) is 2.